The quantitative estimate of drug-likeness (QED) is 0.705. The van der Waals surface area contributed by atoms with Gasteiger partial charge >= 0.3 is 0 Å². The molecule has 0 saturated heterocycles. The van der Waals surface area contributed by atoms with Crippen molar-refractivity contribution in [2.45, 2.75) is 0 Å². The summed E-state index contributed by atoms with van der Waals surface area (Å²) in [6, 6.07) is 0. The number of halogens is 2. The van der Waals surface area contributed by atoms with Gasteiger partial charge in [-0.25, -0.2) is 4.98 Å². The molecule has 66 valence electrons. The second-order valence-corrected chi connectivity index (χ2v) is 2.69. The Morgan fingerprint density at radius 2 is 1.77 bits per heavy atom. The zero-order valence-corrected chi connectivity index (χ0v) is 7.61. The van der Waals surface area contributed by atoms with Crippen molar-refractivity contribution in [3.63, 3.8) is 0 Å². The molecule has 0 saturated carbocycles. The molecule has 0 atom stereocenters. The predicted octanol–water partition coefficient (Wildman–Crippen LogP) is 0.759. The van der Waals surface area contributed by atoms with Crippen LogP contribution in [0, 0.1) is 0 Å². The molecular weight excluding hydrogens is 215 g/mol. The zero-order chi connectivity index (χ0) is 9.26. The van der Waals surface area contributed by atoms with E-state index in [0.29, 0.717) is 0 Å². The van der Waals surface area contributed by atoms with Crippen LogP contribution in [-0.2, 0) is 0 Å². The minimum absolute atomic E-state index is 0.0190. The van der Waals surface area contributed by atoms with Crippen molar-refractivity contribution in [1.82, 2.24) is 29.7 Å². The molecule has 0 aliphatic rings. The lowest BCUT2D eigenvalue weighted by Crippen LogP contribution is -2.03. The Bertz CT molecular complexity index is 393. The fourth-order valence-corrected chi connectivity index (χ4v) is 1.08. The molecule has 0 radical (unpaired) electrons. The average molecular weight is 217 g/mol. The Balaban J connectivity index is 2.53. The minimum atomic E-state index is 0.0190. The molecule has 0 aliphatic carbocycles. The zero-order valence-electron chi connectivity index (χ0n) is 6.09. The van der Waals surface area contributed by atoms with Gasteiger partial charge in [0.05, 0.1) is 0 Å². The molecule has 0 bridgehead atoms. The molecular formula is C5H2Cl2N6. The second kappa shape index (κ2) is 3.23. The molecule has 2 rings (SSSR count). The van der Waals surface area contributed by atoms with Crippen LogP contribution in [0.25, 0.3) is 5.95 Å². The van der Waals surface area contributed by atoms with Crippen LogP contribution in [0.1, 0.15) is 0 Å². The SMILES string of the molecule is Clc1nc(Cl)nc(-n2cncn2)n1. The number of nitrogens with zero attached hydrogens (tertiary/aromatic N) is 6. The van der Waals surface area contributed by atoms with Crippen molar-refractivity contribution < 1.29 is 0 Å². The van der Waals surface area contributed by atoms with E-state index in [9.17, 15) is 0 Å². The molecule has 8 heteroatoms. The first-order chi connectivity index (χ1) is 6.25. The maximum absolute atomic E-state index is 5.56. The van der Waals surface area contributed by atoms with Crippen molar-refractivity contribution in [2.75, 3.05) is 0 Å². The number of hydrogen-bond donors (Lipinski definition) is 0. The lowest BCUT2D eigenvalue weighted by molar-refractivity contribution is 0.793. The predicted molar refractivity (Wildman–Crippen MR) is 44.8 cm³/mol. The van der Waals surface area contributed by atoms with Crippen LogP contribution < -0.4 is 0 Å². The maximum Gasteiger partial charge on any atom is 0.257 e. The molecule has 0 N–H and O–H groups in total. The fraction of sp³-hybridized carbons (Fsp3) is 0. The van der Waals surface area contributed by atoms with E-state index in [-0.39, 0.29) is 16.5 Å². The Kier molecular flexibility index (Phi) is 2.07. The van der Waals surface area contributed by atoms with Gasteiger partial charge in [-0.3, -0.25) is 0 Å². The Morgan fingerprint density at radius 3 is 2.31 bits per heavy atom. The van der Waals surface area contributed by atoms with Gasteiger partial charge in [-0.05, 0) is 23.2 Å². The van der Waals surface area contributed by atoms with Crippen molar-refractivity contribution in [3.05, 3.63) is 23.2 Å². The first-order valence-corrected chi connectivity index (χ1v) is 3.93. The van der Waals surface area contributed by atoms with Gasteiger partial charge in [0.25, 0.3) is 5.95 Å². The molecule has 0 fully saturated rings. The number of hydrogen-bond acceptors (Lipinski definition) is 5. The molecule has 0 aromatic carbocycles. The molecule has 13 heavy (non-hydrogen) atoms. The average Bonchev–Trinajstić information content (AvgIpc) is 2.53. The molecule has 2 aromatic rings. The molecule has 0 amide bonds. The molecule has 0 unspecified atom stereocenters. The van der Waals surface area contributed by atoms with Gasteiger partial charge in [0.1, 0.15) is 12.7 Å². The summed E-state index contributed by atoms with van der Waals surface area (Å²) in [7, 11) is 0. The minimum Gasteiger partial charge on any atom is -0.223 e. The summed E-state index contributed by atoms with van der Waals surface area (Å²) in [5.41, 5.74) is 0. The van der Waals surface area contributed by atoms with Gasteiger partial charge in [0.2, 0.25) is 10.6 Å². The standard InChI is InChI=1S/C5H2Cl2N6/c6-3-10-4(7)12-5(11-3)13-2-8-1-9-13/h1-2H. The third-order valence-corrected chi connectivity index (χ3v) is 1.53. The van der Waals surface area contributed by atoms with E-state index in [1.807, 2.05) is 0 Å². The summed E-state index contributed by atoms with van der Waals surface area (Å²) in [4.78, 5) is 14.9. The van der Waals surface area contributed by atoms with Crippen molar-refractivity contribution in [2.24, 2.45) is 0 Å². The summed E-state index contributed by atoms with van der Waals surface area (Å²) in [6.07, 6.45) is 2.79. The van der Waals surface area contributed by atoms with E-state index in [1.54, 1.807) is 0 Å². The van der Waals surface area contributed by atoms with Crippen molar-refractivity contribution in [3.8, 4) is 5.95 Å². The van der Waals surface area contributed by atoms with Crippen LogP contribution in [0.2, 0.25) is 10.6 Å². The van der Waals surface area contributed by atoms with Crippen molar-refractivity contribution in [1.29, 1.82) is 0 Å². The van der Waals surface area contributed by atoms with Crippen LogP contribution in [0.3, 0.4) is 0 Å². The highest BCUT2D eigenvalue weighted by Crippen LogP contribution is 2.07. The lowest BCUT2D eigenvalue weighted by atomic mass is 10.9. The summed E-state index contributed by atoms with van der Waals surface area (Å²) >= 11 is 11.1. The van der Waals surface area contributed by atoms with E-state index in [2.05, 4.69) is 25.0 Å². The van der Waals surface area contributed by atoms with Gasteiger partial charge in [0.15, 0.2) is 0 Å². The molecule has 2 aromatic heterocycles. The van der Waals surface area contributed by atoms with Gasteiger partial charge in [-0.15, -0.1) is 0 Å². The largest absolute Gasteiger partial charge is 0.257 e. The third kappa shape index (κ3) is 1.73. The van der Waals surface area contributed by atoms with E-state index >= 15 is 0 Å². The normalized spacial score (nSPS) is 10.3. The van der Waals surface area contributed by atoms with Gasteiger partial charge in [0, 0.05) is 0 Å². The Hall–Kier alpha value is -1.27. The highest BCUT2D eigenvalue weighted by Gasteiger charge is 2.04. The first kappa shape index (κ1) is 8.33. The summed E-state index contributed by atoms with van der Waals surface area (Å²) in [6.45, 7) is 0. The Labute approximate surface area is 82.6 Å². The number of aromatic nitrogens is 6. The molecule has 0 aliphatic heterocycles. The Morgan fingerprint density at radius 1 is 1.08 bits per heavy atom. The van der Waals surface area contributed by atoms with E-state index in [0.717, 1.165) is 0 Å². The van der Waals surface area contributed by atoms with E-state index in [1.165, 1.54) is 17.3 Å². The van der Waals surface area contributed by atoms with Crippen LogP contribution >= 0.6 is 23.2 Å². The van der Waals surface area contributed by atoms with E-state index in [4.69, 9.17) is 23.2 Å². The monoisotopic (exact) mass is 216 g/mol. The summed E-state index contributed by atoms with van der Waals surface area (Å²) in [5, 5.41) is 3.84. The highest BCUT2D eigenvalue weighted by molar-refractivity contribution is 6.31. The van der Waals surface area contributed by atoms with E-state index < -0.39 is 0 Å². The fourth-order valence-electron chi connectivity index (χ4n) is 0.730. The molecule has 2 heterocycles. The second-order valence-electron chi connectivity index (χ2n) is 2.01. The van der Waals surface area contributed by atoms with Gasteiger partial charge in [-0.1, -0.05) is 0 Å². The highest BCUT2D eigenvalue weighted by atomic mass is 35.5. The van der Waals surface area contributed by atoms with Crippen LogP contribution in [0.5, 0.6) is 0 Å². The lowest BCUT2D eigenvalue weighted by Gasteiger charge is -1.97. The van der Waals surface area contributed by atoms with Crippen LogP contribution in [0.15, 0.2) is 12.7 Å². The van der Waals surface area contributed by atoms with Crippen LogP contribution in [0.4, 0.5) is 0 Å². The summed E-state index contributed by atoms with van der Waals surface area (Å²) in [5.74, 6) is 0.238. The molecule has 0 spiro atoms. The van der Waals surface area contributed by atoms with Gasteiger partial charge < -0.3 is 0 Å². The topological polar surface area (TPSA) is 69.4 Å². The third-order valence-electron chi connectivity index (χ3n) is 1.19. The summed E-state index contributed by atoms with van der Waals surface area (Å²) < 4.78 is 1.33. The molecule has 6 nitrogen and oxygen atoms in total. The maximum atomic E-state index is 5.56. The first-order valence-electron chi connectivity index (χ1n) is 3.18. The smallest absolute Gasteiger partial charge is 0.223 e. The van der Waals surface area contributed by atoms with Crippen molar-refractivity contribution >= 4 is 23.2 Å². The van der Waals surface area contributed by atoms with Gasteiger partial charge in [-0.2, -0.15) is 24.7 Å². The van der Waals surface area contributed by atoms with Crippen LogP contribution in [-0.4, -0.2) is 29.7 Å². The number of rotatable bonds is 1.